The van der Waals surface area contributed by atoms with Gasteiger partial charge in [0, 0.05) is 36.5 Å². The van der Waals surface area contributed by atoms with E-state index in [0.717, 1.165) is 12.1 Å². The maximum absolute atomic E-state index is 14.1. The highest BCUT2D eigenvalue weighted by Gasteiger charge is 2.24. The van der Waals surface area contributed by atoms with E-state index in [1.165, 1.54) is 7.11 Å². The van der Waals surface area contributed by atoms with Crippen molar-refractivity contribution in [3.63, 3.8) is 0 Å². The smallest absolute Gasteiger partial charge is 0.238 e. The van der Waals surface area contributed by atoms with Crippen LogP contribution in [0.15, 0.2) is 35.1 Å². The van der Waals surface area contributed by atoms with Crippen molar-refractivity contribution in [1.29, 1.82) is 0 Å². The summed E-state index contributed by atoms with van der Waals surface area (Å²) < 4.78 is 33.3. The lowest BCUT2D eigenvalue weighted by molar-refractivity contribution is -0.117. The van der Waals surface area contributed by atoms with Crippen LogP contribution in [0.4, 0.5) is 14.5 Å². The number of nitrogens with zero attached hydrogens (tertiary/aromatic N) is 1. The molecule has 0 saturated carbocycles. The summed E-state index contributed by atoms with van der Waals surface area (Å²) >= 11 is 6.07. The van der Waals surface area contributed by atoms with Crippen molar-refractivity contribution in [3.05, 3.63) is 68.5 Å². The number of methoxy groups -OCH3 is 1. The summed E-state index contributed by atoms with van der Waals surface area (Å²) in [6.45, 7) is 0.682. The summed E-state index contributed by atoms with van der Waals surface area (Å²) in [7, 11) is 1.50. The second kappa shape index (κ2) is 8.04. The Morgan fingerprint density at radius 1 is 1.27 bits per heavy atom. The van der Waals surface area contributed by atoms with Gasteiger partial charge in [-0.15, -0.1) is 0 Å². The van der Waals surface area contributed by atoms with Gasteiger partial charge in [0.1, 0.15) is 17.4 Å². The van der Waals surface area contributed by atoms with E-state index in [-0.39, 0.29) is 29.9 Å². The molecule has 0 spiro atoms. The number of H-pyrrole nitrogens is 1. The molecule has 6 nitrogen and oxygen atoms in total. The predicted octanol–water partition coefficient (Wildman–Crippen LogP) is 3.47. The minimum atomic E-state index is -0.776. The zero-order valence-corrected chi connectivity index (χ0v) is 16.8. The third-order valence-corrected chi connectivity index (χ3v) is 5.40. The number of aromatic amines is 1. The molecule has 0 fully saturated rings. The van der Waals surface area contributed by atoms with Crippen molar-refractivity contribution in [1.82, 2.24) is 9.88 Å². The van der Waals surface area contributed by atoms with Crippen LogP contribution in [-0.2, 0) is 17.8 Å². The first-order chi connectivity index (χ1) is 14.4. The molecular weight excluding hydrogens is 416 g/mol. The van der Waals surface area contributed by atoms with E-state index >= 15 is 0 Å². The molecule has 1 aromatic heterocycles. The topological polar surface area (TPSA) is 74.4 Å². The van der Waals surface area contributed by atoms with Gasteiger partial charge in [-0.25, -0.2) is 8.78 Å². The minimum absolute atomic E-state index is 0.0339. The van der Waals surface area contributed by atoms with Gasteiger partial charge < -0.3 is 15.0 Å². The van der Waals surface area contributed by atoms with E-state index < -0.39 is 17.1 Å². The van der Waals surface area contributed by atoms with E-state index in [4.69, 9.17) is 16.3 Å². The number of nitrogens with one attached hydrogen (secondary N) is 2. The molecule has 30 heavy (non-hydrogen) atoms. The fourth-order valence-electron chi connectivity index (χ4n) is 3.65. The largest absolute Gasteiger partial charge is 0.495 e. The zero-order chi connectivity index (χ0) is 21.4. The Morgan fingerprint density at radius 3 is 2.77 bits per heavy atom. The number of carbonyl (C=O) groups is 1. The van der Waals surface area contributed by atoms with Crippen LogP contribution < -0.4 is 15.5 Å². The number of amides is 1. The number of ether oxygens (including phenoxy) is 1. The van der Waals surface area contributed by atoms with Gasteiger partial charge >= 0.3 is 0 Å². The molecule has 9 heteroatoms. The average molecular weight is 434 g/mol. The number of carbonyl (C=O) groups excluding carboxylic acids is 1. The first-order valence-corrected chi connectivity index (χ1v) is 9.62. The lowest BCUT2D eigenvalue weighted by Crippen LogP contribution is -2.39. The van der Waals surface area contributed by atoms with Gasteiger partial charge in [-0.05, 0) is 30.3 Å². The van der Waals surface area contributed by atoms with Crippen LogP contribution in [0.5, 0.6) is 5.75 Å². The Labute approximate surface area is 175 Å². The first-order valence-electron chi connectivity index (χ1n) is 9.25. The molecule has 1 aliphatic heterocycles. The second-order valence-electron chi connectivity index (χ2n) is 7.05. The summed E-state index contributed by atoms with van der Waals surface area (Å²) in [5.41, 5.74) is 0.753. The Hall–Kier alpha value is -2.97. The highest BCUT2D eigenvalue weighted by Crippen LogP contribution is 2.27. The molecule has 1 amide bonds. The van der Waals surface area contributed by atoms with Gasteiger partial charge in [0.2, 0.25) is 5.91 Å². The third kappa shape index (κ3) is 3.76. The van der Waals surface area contributed by atoms with Gasteiger partial charge in [-0.2, -0.15) is 0 Å². The molecule has 1 aliphatic rings. The van der Waals surface area contributed by atoms with Gasteiger partial charge in [0.25, 0.3) is 0 Å². The highest BCUT2D eigenvalue weighted by molar-refractivity contribution is 6.32. The Morgan fingerprint density at radius 2 is 2.03 bits per heavy atom. The van der Waals surface area contributed by atoms with Gasteiger partial charge in [0.05, 0.1) is 29.6 Å². The number of fused-ring (bicyclic) bond motifs is 2. The molecule has 2 N–H and O–H groups in total. The van der Waals surface area contributed by atoms with Crippen LogP contribution in [0.2, 0.25) is 5.02 Å². The summed E-state index contributed by atoms with van der Waals surface area (Å²) in [6, 6.07) is 6.83. The van der Waals surface area contributed by atoms with Gasteiger partial charge in [-0.1, -0.05) is 11.6 Å². The number of pyridine rings is 1. The average Bonchev–Trinajstić information content (AvgIpc) is 2.71. The first kappa shape index (κ1) is 20.3. The molecule has 156 valence electrons. The standard InChI is InChI=1S/C21H18ClF2N3O3/c1-30-17-5-2-11(8-13(17)22)25-18(28)10-27-7-6-16-12(9-27)21(29)19-14(23)3-4-15(24)20(19)26-16/h2-5,8H,6-7,9-10H2,1H3,(H,25,28)(H,26,29). The molecule has 2 heterocycles. The lowest BCUT2D eigenvalue weighted by Gasteiger charge is -2.28. The summed E-state index contributed by atoms with van der Waals surface area (Å²) in [6.07, 6.45) is 0.415. The van der Waals surface area contributed by atoms with E-state index in [1.54, 1.807) is 23.1 Å². The Kier molecular flexibility index (Phi) is 5.44. The number of benzene rings is 2. The molecule has 0 bridgehead atoms. The van der Waals surface area contributed by atoms with Crippen molar-refractivity contribution in [2.24, 2.45) is 0 Å². The van der Waals surface area contributed by atoms with Gasteiger partial charge in [-0.3, -0.25) is 14.5 Å². The van der Waals surface area contributed by atoms with Crippen LogP contribution in [-0.4, -0.2) is 36.0 Å². The van der Waals surface area contributed by atoms with Crippen LogP contribution in [0.1, 0.15) is 11.3 Å². The number of anilines is 1. The molecule has 0 saturated heterocycles. The van der Waals surface area contributed by atoms with Crippen molar-refractivity contribution in [3.8, 4) is 5.75 Å². The zero-order valence-electron chi connectivity index (χ0n) is 16.0. The maximum atomic E-state index is 14.1. The number of aromatic nitrogens is 1. The fourth-order valence-corrected chi connectivity index (χ4v) is 3.90. The summed E-state index contributed by atoms with van der Waals surface area (Å²) in [4.78, 5) is 29.9. The van der Waals surface area contributed by atoms with E-state index in [2.05, 4.69) is 10.3 Å². The molecule has 3 aromatic rings. The number of halogens is 3. The van der Waals surface area contributed by atoms with E-state index in [1.807, 2.05) is 0 Å². The maximum Gasteiger partial charge on any atom is 0.238 e. The molecule has 0 atom stereocenters. The number of hydrogen-bond acceptors (Lipinski definition) is 4. The van der Waals surface area contributed by atoms with E-state index in [0.29, 0.717) is 40.7 Å². The summed E-state index contributed by atoms with van der Waals surface area (Å²) in [5, 5.41) is 2.82. The van der Waals surface area contributed by atoms with Crippen molar-refractivity contribution < 1.29 is 18.3 Å². The minimum Gasteiger partial charge on any atom is -0.495 e. The van der Waals surface area contributed by atoms with E-state index in [9.17, 15) is 18.4 Å². The van der Waals surface area contributed by atoms with Crippen LogP contribution in [0.25, 0.3) is 10.9 Å². The Bertz CT molecular complexity index is 1210. The van der Waals surface area contributed by atoms with Crippen molar-refractivity contribution >= 4 is 34.1 Å². The normalized spacial score (nSPS) is 13.9. The molecule has 0 radical (unpaired) electrons. The van der Waals surface area contributed by atoms with Crippen LogP contribution >= 0.6 is 11.6 Å². The van der Waals surface area contributed by atoms with Crippen LogP contribution in [0.3, 0.4) is 0 Å². The van der Waals surface area contributed by atoms with Gasteiger partial charge in [0.15, 0.2) is 5.43 Å². The lowest BCUT2D eigenvalue weighted by atomic mass is 10.0. The summed E-state index contributed by atoms with van der Waals surface area (Å²) in [5.74, 6) is -1.24. The molecular formula is C21H18ClF2N3O3. The third-order valence-electron chi connectivity index (χ3n) is 5.11. The number of rotatable bonds is 4. The number of hydrogen-bond donors (Lipinski definition) is 2. The van der Waals surface area contributed by atoms with Crippen molar-refractivity contribution in [2.75, 3.05) is 25.5 Å². The quantitative estimate of drug-likeness (QED) is 0.660. The van der Waals surface area contributed by atoms with Crippen LogP contribution in [0, 0.1) is 11.6 Å². The monoisotopic (exact) mass is 433 g/mol. The second-order valence-corrected chi connectivity index (χ2v) is 7.46. The SMILES string of the molecule is COc1ccc(NC(=O)CN2CCc3[nH]c4c(F)ccc(F)c4c(=O)c3C2)cc1Cl. The highest BCUT2D eigenvalue weighted by atomic mass is 35.5. The molecule has 4 rings (SSSR count). The molecule has 2 aromatic carbocycles. The molecule has 0 aliphatic carbocycles. The van der Waals surface area contributed by atoms with Crippen molar-refractivity contribution in [2.45, 2.75) is 13.0 Å². The predicted molar refractivity (Wildman–Crippen MR) is 110 cm³/mol. The Balaban J connectivity index is 1.52. The molecule has 0 unspecified atom stereocenters. The fraction of sp³-hybridized carbons (Fsp3) is 0.238.